The highest BCUT2D eigenvalue weighted by molar-refractivity contribution is 6.04. The van der Waals surface area contributed by atoms with Gasteiger partial charge in [0.15, 0.2) is 0 Å². The van der Waals surface area contributed by atoms with Crippen molar-refractivity contribution < 1.29 is 9.53 Å². The minimum Gasteiger partial charge on any atom is -0.495 e. The molecule has 26 heavy (non-hydrogen) atoms. The molecule has 3 rings (SSSR count). The summed E-state index contributed by atoms with van der Waals surface area (Å²) < 4.78 is 5.33. The number of aromatic nitrogens is 2. The first-order valence-electron chi connectivity index (χ1n) is 8.17. The van der Waals surface area contributed by atoms with Gasteiger partial charge in [0.2, 0.25) is 5.95 Å². The summed E-state index contributed by atoms with van der Waals surface area (Å²) in [5, 5.41) is 3.12. The number of aryl methyl sites for hydroxylation is 1. The minimum absolute atomic E-state index is 0.204. The van der Waals surface area contributed by atoms with Crippen molar-refractivity contribution in [1.82, 2.24) is 9.97 Å². The lowest BCUT2D eigenvalue weighted by Crippen LogP contribution is -2.27. The van der Waals surface area contributed by atoms with E-state index in [9.17, 15) is 4.79 Å². The van der Waals surface area contributed by atoms with Crippen molar-refractivity contribution in [2.24, 2.45) is 0 Å². The third-order valence-electron chi connectivity index (χ3n) is 3.87. The molecule has 1 aromatic heterocycles. The van der Waals surface area contributed by atoms with Crippen molar-refractivity contribution in [3.05, 3.63) is 72.1 Å². The highest BCUT2D eigenvalue weighted by atomic mass is 16.5. The summed E-state index contributed by atoms with van der Waals surface area (Å²) >= 11 is 0. The maximum absolute atomic E-state index is 12.8. The maximum Gasteiger partial charge on any atom is 0.276 e. The number of rotatable bonds is 5. The number of methoxy groups -OCH3 is 1. The van der Waals surface area contributed by atoms with Crippen LogP contribution in [-0.2, 0) is 0 Å². The Morgan fingerprint density at radius 1 is 1.04 bits per heavy atom. The third kappa shape index (κ3) is 3.80. The molecule has 0 spiro atoms. The van der Waals surface area contributed by atoms with E-state index in [1.807, 2.05) is 61.5 Å². The quantitative estimate of drug-likeness (QED) is 0.759. The zero-order valence-electron chi connectivity index (χ0n) is 14.9. The highest BCUT2D eigenvalue weighted by Crippen LogP contribution is 2.26. The van der Waals surface area contributed by atoms with Crippen LogP contribution in [0.5, 0.6) is 5.75 Å². The van der Waals surface area contributed by atoms with E-state index in [4.69, 9.17) is 4.74 Å². The SMILES string of the molecule is COc1ccccc1Nc1nc(C)cc(C(=O)N(C)c2ccccc2)n1. The molecule has 132 valence electrons. The van der Waals surface area contributed by atoms with Crippen LogP contribution in [-0.4, -0.2) is 30.0 Å². The molecular weight excluding hydrogens is 328 g/mol. The van der Waals surface area contributed by atoms with Gasteiger partial charge in [-0.1, -0.05) is 30.3 Å². The summed E-state index contributed by atoms with van der Waals surface area (Å²) in [4.78, 5) is 23.1. The van der Waals surface area contributed by atoms with Crippen molar-refractivity contribution in [3.8, 4) is 5.75 Å². The number of ether oxygens (including phenoxy) is 1. The topological polar surface area (TPSA) is 67.3 Å². The molecule has 1 amide bonds. The van der Waals surface area contributed by atoms with Gasteiger partial charge in [0, 0.05) is 18.4 Å². The largest absolute Gasteiger partial charge is 0.495 e. The van der Waals surface area contributed by atoms with E-state index < -0.39 is 0 Å². The Morgan fingerprint density at radius 2 is 1.73 bits per heavy atom. The first-order valence-corrected chi connectivity index (χ1v) is 8.17. The standard InChI is InChI=1S/C20H20N4O2/c1-14-13-17(19(25)24(2)15-9-5-4-6-10-15)23-20(21-14)22-16-11-7-8-12-18(16)26-3/h4-13H,1-3H3,(H,21,22,23). The van der Waals surface area contributed by atoms with Gasteiger partial charge in [-0.05, 0) is 37.3 Å². The van der Waals surface area contributed by atoms with E-state index in [0.717, 1.165) is 11.4 Å². The maximum atomic E-state index is 12.8. The van der Waals surface area contributed by atoms with Crippen LogP contribution in [0.2, 0.25) is 0 Å². The first kappa shape index (κ1) is 17.4. The van der Waals surface area contributed by atoms with Gasteiger partial charge in [-0.2, -0.15) is 0 Å². The van der Waals surface area contributed by atoms with Gasteiger partial charge in [0.25, 0.3) is 5.91 Å². The number of carbonyl (C=O) groups is 1. The number of para-hydroxylation sites is 3. The highest BCUT2D eigenvalue weighted by Gasteiger charge is 2.17. The molecular formula is C20H20N4O2. The second-order valence-electron chi connectivity index (χ2n) is 5.74. The molecule has 6 heteroatoms. The molecule has 1 heterocycles. The molecule has 0 aliphatic rings. The molecule has 3 aromatic rings. The van der Waals surface area contributed by atoms with Crippen molar-refractivity contribution in [2.75, 3.05) is 24.4 Å². The molecule has 0 bridgehead atoms. The second kappa shape index (κ2) is 7.65. The number of nitrogens with one attached hydrogen (secondary N) is 1. The lowest BCUT2D eigenvalue weighted by Gasteiger charge is -2.17. The number of nitrogens with zero attached hydrogens (tertiary/aromatic N) is 3. The Bertz CT molecular complexity index is 913. The predicted molar refractivity (Wildman–Crippen MR) is 102 cm³/mol. The van der Waals surface area contributed by atoms with Crippen LogP contribution < -0.4 is 15.0 Å². The summed E-state index contributed by atoms with van der Waals surface area (Å²) in [6.45, 7) is 1.83. The van der Waals surface area contributed by atoms with Crippen molar-refractivity contribution in [3.63, 3.8) is 0 Å². The van der Waals surface area contributed by atoms with E-state index in [2.05, 4.69) is 15.3 Å². The zero-order valence-corrected chi connectivity index (χ0v) is 14.9. The average Bonchev–Trinajstić information content (AvgIpc) is 2.67. The van der Waals surface area contributed by atoms with Gasteiger partial charge in [-0.25, -0.2) is 9.97 Å². The van der Waals surface area contributed by atoms with Crippen LogP contribution in [0.25, 0.3) is 0 Å². The molecule has 0 atom stereocenters. The van der Waals surface area contributed by atoms with E-state index in [1.54, 1.807) is 25.1 Å². The van der Waals surface area contributed by atoms with E-state index in [1.165, 1.54) is 0 Å². The predicted octanol–water partition coefficient (Wildman–Crippen LogP) is 3.81. The van der Waals surface area contributed by atoms with Gasteiger partial charge in [-0.15, -0.1) is 0 Å². The smallest absolute Gasteiger partial charge is 0.276 e. The molecule has 0 saturated heterocycles. The van der Waals surface area contributed by atoms with E-state index in [-0.39, 0.29) is 5.91 Å². The zero-order chi connectivity index (χ0) is 18.5. The van der Waals surface area contributed by atoms with E-state index in [0.29, 0.717) is 23.1 Å². The fourth-order valence-electron chi connectivity index (χ4n) is 2.54. The Balaban J connectivity index is 1.89. The fraction of sp³-hybridized carbons (Fsp3) is 0.150. The van der Waals surface area contributed by atoms with Gasteiger partial charge in [0.05, 0.1) is 12.8 Å². The summed E-state index contributed by atoms with van der Waals surface area (Å²) in [5.74, 6) is 0.816. The lowest BCUT2D eigenvalue weighted by atomic mass is 10.2. The normalized spacial score (nSPS) is 10.3. The third-order valence-corrected chi connectivity index (χ3v) is 3.87. The molecule has 0 aliphatic carbocycles. The van der Waals surface area contributed by atoms with Crippen LogP contribution >= 0.6 is 0 Å². The summed E-state index contributed by atoms with van der Waals surface area (Å²) in [5.41, 5.74) is 2.55. The van der Waals surface area contributed by atoms with Crippen LogP contribution in [0.1, 0.15) is 16.2 Å². The number of carbonyl (C=O) groups excluding carboxylic acids is 1. The molecule has 6 nitrogen and oxygen atoms in total. The van der Waals surface area contributed by atoms with Crippen molar-refractivity contribution in [1.29, 1.82) is 0 Å². The van der Waals surface area contributed by atoms with Gasteiger partial charge in [-0.3, -0.25) is 4.79 Å². The van der Waals surface area contributed by atoms with Gasteiger partial charge in [0.1, 0.15) is 11.4 Å². The van der Waals surface area contributed by atoms with Crippen LogP contribution in [0.15, 0.2) is 60.7 Å². The van der Waals surface area contributed by atoms with Crippen LogP contribution in [0.4, 0.5) is 17.3 Å². The lowest BCUT2D eigenvalue weighted by molar-refractivity contribution is 0.0988. The number of benzene rings is 2. The fourth-order valence-corrected chi connectivity index (χ4v) is 2.54. The summed E-state index contributed by atoms with van der Waals surface area (Å²) in [7, 11) is 3.32. The van der Waals surface area contributed by atoms with Crippen LogP contribution in [0.3, 0.4) is 0 Å². The second-order valence-corrected chi connectivity index (χ2v) is 5.74. The molecule has 0 unspecified atom stereocenters. The summed E-state index contributed by atoms with van der Waals surface area (Å²) in [6.07, 6.45) is 0. The number of hydrogen-bond donors (Lipinski definition) is 1. The van der Waals surface area contributed by atoms with Crippen molar-refractivity contribution >= 4 is 23.2 Å². The van der Waals surface area contributed by atoms with Gasteiger partial charge >= 0.3 is 0 Å². The summed E-state index contributed by atoms with van der Waals surface area (Å²) in [6, 6.07) is 18.6. The molecule has 1 N–H and O–H groups in total. The number of hydrogen-bond acceptors (Lipinski definition) is 5. The average molecular weight is 348 g/mol. The minimum atomic E-state index is -0.204. The monoisotopic (exact) mass is 348 g/mol. The molecule has 0 fully saturated rings. The molecule has 0 saturated carbocycles. The van der Waals surface area contributed by atoms with Crippen molar-refractivity contribution in [2.45, 2.75) is 6.92 Å². The van der Waals surface area contributed by atoms with Gasteiger partial charge < -0.3 is 15.0 Å². The Morgan fingerprint density at radius 3 is 2.46 bits per heavy atom. The number of amides is 1. The molecule has 0 aliphatic heterocycles. The Hall–Kier alpha value is -3.41. The van der Waals surface area contributed by atoms with E-state index >= 15 is 0 Å². The number of anilines is 3. The molecule has 2 aromatic carbocycles. The first-order chi connectivity index (χ1) is 12.6. The van der Waals surface area contributed by atoms with Crippen LogP contribution in [0, 0.1) is 6.92 Å². The Kier molecular flexibility index (Phi) is 5.12. The Labute approximate surface area is 152 Å². The molecule has 0 radical (unpaired) electrons.